The van der Waals surface area contributed by atoms with Crippen LogP contribution in [0.3, 0.4) is 0 Å². The van der Waals surface area contributed by atoms with Gasteiger partial charge in [0, 0.05) is 29.6 Å². The summed E-state index contributed by atoms with van der Waals surface area (Å²) in [6.45, 7) is 0. The molecule has 0 aromatic carbocycles. The quantitative estimate of drug-likeness (QED) is 0.898. The number of rotatable bonds is 3. The molecule has 0 aliphatic heterocycles. The molecule has 2 N–H and O–H groups in total. The van der Waals surface area contributed by atoms with E-state index in [1.54, 1.807) is 12.3 Å². The minimum atomic E-state index is -0.442. The van der Waals surface area contributed by atoms with Crippen LogP contribution in [0.2, 0.25) is 0 Å². The Labute approximate surface area is 144 Å². The third kappa shape index (κ3) is 3.04. The molecule has 0 spiro atoms. The number of pyridine rings is 1. The zero-order valence-corrected chi connectivity index (χ0v) is 13.8. The highest BCUT2D eigenvalue weighted by Crippen LogP contribution is 2.31. The molecule has 0 radical (unpaired) electrons. The van der Waals surface area contributed by atoms with Crippen LogP contribution < -0.4 is 10.9 Å². The molecule has 6 nitrogen and oxygen atoms in total. The second-order valence-corrected chi connectivity index (χ2v) is 6.90. The van der Waals surface area contributed by atoms with Crippen molar-refractivity contribution in [2.24, 2.45) is 0 Å². The second-order valence-electron chi connectivity index (χ2n) is 6.90. The number of fused-ring (bicyclic) bond motifs is 1. The van der Waals surface area contributed by atoms with E-state index in [2.05, 4.69) is 10.3 Å². The number of carbonyl (C=O) groups is 2. The van der Waals surface area contributed by atoms with Crippen molar-refractivity contribution in [1.82, 2.24) is 10.3 Å². The van der Waals surface area contributed by atoms with E-state index >= 15 is 0 Å². The van der Waals surface area contributed by atoms with Gasteiger partial charge < -0.3 is 14.7 Å². The lowest BCUT2D eigenvalue weighted by atomic mass is 9.84. The number of ketones is 1. The first-order valence-electron chi connectivity index (χ1n) is 8.75. The smallest absolute Gasteiger partial charge is 0.261 e. The summed E-state index contributed by atoms with van der Waals surface area (Å²) in [5, 5.41) is 2.90. The number of aromatic nitrogens is 1. The summed E-state index contributed by atoms with van der Waals surface area (Å²) in [6.07, 6.45) is 6.49. The van der Waals surface area contributed by atoms with Crippen molar-refractivity contribution < 1.29 is 14.0 Å². The maximum atomic E-state index is 12.5. The van der Waals surface area contributed by atoms with Gasteiger partial charge in [0.15, 0.2) is 5.78 Å². The van der Waals surface area contributed by atoms with Crippen molar-refractivity contribution in [2.45, 2.75) is 50.5 Å². The molecular weight excluding hydrogens is 320 g/mol. The average Bonchev–Trinajstić information content (AvgIpc) is 3.27. The van der Waals surface area contributed by atoms with Crippen LogP contribution in [0.15, 0.2) is 33.7 Å². The third-order valence-corrected chi connectivity index (χ3v) is 5.19. The summed E-state index contributed by atoms with van der Waals surface area (Å²) < 4.78 is 5.39. The van der Waals surface area contributed by atoms with E-state index in [-0.39, 0.29) is 23.3 Å². The van der Waals surface area contributed by atoms with Gasteiger partial charge in [-0.15, -0.1) is 0 Å². The molecule has 130 valence electrons. The van der Waals surface area contributed by atoms with E-state index in [9.17, 15) is 14.4 Å². The Hall–Kier alpha value is -2.63. The first-order chi connectivity index (χ1) is 12.1. The first-order valence-corrected chi connectivity index (χ1v) is 8.75. The van der Waals surface area contributed by atoms with Gasteiger partial charge in [-0.3, -0.25) is 14.4 Å². The van der Waals surface area contributed by atoms with E-state index in [0.29, 0.717) is 24.1 Å². The molecule has 1 fully saturated rings. The van der Waals surface area contributed by atoms with Gasteiger partial charge in [0.1, 0.15) is 11.3 Å². The molecular formula is C19H20N2O4. The predicted octanol–water partition coefficient (Wildman–Crippen LogP) is 2.55. The molecule has 2 aliphatic carbocycles. The summed E-state index contributed by atoms with van der Waals surface area (Å²) in [5.74, 6) is 0.192. The molecule has 25 heavy (non-hydrogen) atoms. The van der Waals surface area contributed by atoms with Crippen molar-refractivity contribution in [3.8, 4) is 0 Å². The van der Waals surface area contributed by atoms with E-state index in [0.717, 1.165) is 31.4 Å². The zero-order chi connectivity index (χ0) is 17.4. The summed E-state index contributed by atoms with van der Waals surface area (Å²) in [5.41, 5.74) is 0.608. The molecule has 0 bridgehead atoms. The largest absolute Gasteiger partial charge is 0.469 e. The van der Waals surface area contributed by atoms with Crippen LogP contribution in [0.1, 0.15) is 70.2 Å². The Bertz CT molecular complexity index is 860. The van der Waals surface area contributed by atoms with Crippen LogP contribution in [0, 0.1) is 0 Å². The Kier molecular flexibility index (Phi) is 4.03. The van der Waals surface area contributed by atoms with Crippen LogP contribution in [0.4, 0.5) is 0 Å². The van der Waals surface area contributed by atoms with E-state index < -0.39 is 11.5 Å². The lowest BCUT2D eigenvalue weighted by Crippen LogP contribution is -2.37. The fourth-order valence-electron chi connectivity index (χ4n) is 3.86. The van der Waals surface area contributed by atoms with Crippen molar-refractivity contribution >= 4 is 11.7 Å². The van der Waals surface area contributed by atoms with Gasteiger partial charge >= 0.3 is 0 Å². The highest BCUT2D eigenvalue weighted by Gasteiger charge is 2.30. The first kappa shape index (κ1) is 15.9. The van der Waals surface area contributed by atoms with Crippen LogP contribution in [-0.4, -0.2) is 22.7 Å². The standard InChI is InChI=1S/C19H20N2O4/c22-16-9-11(17-6-3-7-25-17)8-15-13(16)10-14(19(24)21-15)18(23)20-12-4-1-2-5-12/h3,6-7,10-12H,1-2,4-5,8-9H2,(H,20,23)(H,21,24)/t11-/m1/s1. The van der Waals surface area contributed by atoms with Crippen molar-refractivity contribution in [2.75, 3.05) is 0 Å². The van der Waals surface area contributed by atoms with E-state index in [4.69, 9.17) is 4.42 Å². The van der Waals surface area contributed by atoms with E-state index in [1.807, 2.05) is 6.07 Å². The van der Waals surface area contributed by atoms with Crippen molar-refractivity contribution in [1.29, 1.82) is 0 Å². The topological polar surface area (TPSA) is 92.2 Å². The molecule has 0 saturated heterocycles. The molecule has 1 saturated carbocycles. The fourth-order valence-corrected chi connectivity index (χ4v) is 3.86. The highest BCUT2D eigenvalue weighted by molar-refractivity contribution is 6.02. The van der Waals surface area contributed by atoms with Gasteiger partial charge in [0.25, 0.3) is 11.5 Å². The van der Waals surface area contributed by atoms with Gasteiger partial charge in [-0.05, 0) is 37.5 Å². The highest BCUT2D eigenvalue weighted by atomic mass is 16.3. The van der Waals surface area contributed by atoms with Gasteiger partial charge in [0.05, 0.1) is 6.26 Å². The normalized spacial score (nSPS) is 20.5. The van der Waals surface area contributed by atoms with Crippen molar-refractivity contribution in [3.05, 3.63) is 57.4 Å². The summed E-state index contributed by atoms with van der Waals surface area (Å²) in [6, 6.07) is 5.21. The number of amides is 1. The molecule has 2 aliphatic rings. The zero-order valence-electron chi connectivity index (χ0n) is 13.8. The Balaban J connectivity index is 1.61. The number of nitrogens with one attached hydrogen (secondary N) is 2. The summed E-state index contributed by atoms with van der Waals surface area (Å²) in [7, 11) is 0. The maximum Gasteiger partial charge on any atom is 0.261 e. The van der Waals surface area contributed by atoms with Crippen LogP contribution in [-0.2, 0) is 6.42 Å². The molecule has 2 aromatic rings. The number of hydrogen-bond donors (Lipinski definition) is 2. The number of Topliss-reactive ketones (excluding diaryl/α,β-unsaturated/α-hetero) is 1. The van der Waals surface area contributed by atoms with E-state index in [1.165, 1.54) is 6.07 Å². The number of furan rings is 1. The lowest BCUT2D eigenvalue weighted by Gasteiger charge is -2.22. The Morgan fingerprint density at radius 1 is 1.20 bits per heavy atom. The minimum absolute atomic E-state index is 0.0236. The number of hydrogen-bond acceptors (Lipinski definition) is 4. The summed E-state index contributed by atoms with van der Waals surface area (Å²) in [4.78, 5) is 40.0. The van der Waals surface area contributed by atoms with Crippen LogP contribution in [0.5, 0.6) is 0 Å². The maximum absolute atomic E-state index is 12.5. The Morgan fingerprint density at radius 2 is 2.00 bits per heavy atom. The molecule has 1 atom stereocenters. The molecule has 4 rings (SSSR count). The Morgan fingerprint density at radius 3 is 2.72 bits per heavy atom. The second kappa shape index (κ2) is 6.35. The molecule has 2 aromatic heterocycles. The SMILES string of the molecule is O=C1C[C@H](c2ccco2)Cc2[nH]c(=O)c(C(=O)NC3CCCC3)cc21. The third-order valence-electron chi connectivity index (χ3n) is 5.19. The minimum Gasteiger partial charge on any atom is -0.469 e. The van der Waals surface area contributed by atoms with Gasteiger partial charge in [-0.25, -0.2) is 0 Å². The number of H-pyrrole nitrogens is 1. The molecule has 0 unspecified atom stereocenters. The van der Waals surface area contributed by atoms with Crippen LogP contribution in [0.25, 0.3) is 0 Å². The number of aromatic amines is 1. The molecule has 2 heterocycles. The lowest BCUT2D eigenvalue weighted by molar-refractivity contribution is 0.0936. The van der Waals surface area contributed by atoms with Crippen molar-refractivity contribution in [3.63, 3.8) is 0 Å². The van der Waals surface area contributed by atoms with Gasteiger partial charge in [0.2, 0.25) is 0 Å². The van der Waals surface area contributed by atoms with Crippen LogP contribution >= 0.6 is 0 Å². The summed E-state index contributed by atoms with van der Waals surface area (Å²) >= 11 is 0. The van der Waals surface area contributed by atoms with Gasteiger partial charge in [-0.2, -0.15) is 0 Å². The number of carbonyl (C=O) groups excluding carboxylic acids is 2. The fraction of sp³-hybridized carbons (Fsp3) is 0.421. The molecule has 1 amide bonds. The predicted molar refractivity (Wildman–Crippen MR) is 90.9 cm³/mol. The average molecular weight is 340 g/mol. The molecule has 6 heteroatoms. The van der Waals surface area contributed by atoms with Gasteiger partial charge in [-0.1, -0.05) is 12.8 Å². The monoisotopic (exact) mass is 340 g/mol.